The summed E-state index contributed by atoms with van der Waals surface area (Å²) in [5.41, 5.74) is -3.21. The number of halogens is 3. The summed E-state index contributed by atoms with van der Waals surface area (Å²) in [6.45, 7) is 3.23. The van der Waals surface area contributed by atoms with Crippen molar-refractivity contribution in [3.63, 3.8) is 0 Å². The summed E-state index contributed by atoms with van der Waals surface area (Å²) in [6, 6.07) is 4.87. The molecule has 9 nitrogen and oxygen atoms in total. The molecular weight excluding hydrogens is 383 g/mol. The average Bonchev–Trinajstić information content (AvgIpc) is 3.35. The number of aromatic nitrogens is 3. The Kier molecular flexibility index (Phi) is 4.87. The molecule has 0 amide bonds. The van der Waals surface area contributed by atoms with Crippen molar-refractivity contribution in [2.75, 3.05) is 13.2 Å². The van der Waals surface area contributed by atoms with Gasteiger partial charge in [0.25, 0.3) is 0 Å². The second-order valence-corrected chi connectivity index (χ2v) is 5.56. The molecule has 0 N–H and O–H groups in total. The summed E-state index contributed by atoms with van der Waals surface area (Å²) in [7, 11) is 0. The van der Waals surface area contributed by atoms with E-state index >= 15 is 0 Å². The standard InChI is InChI=1S/C16H14F3N5O4/c1-3-27-13(25)11-12(14(26)28-4-2)24(23-20-11)10-7-5-9(6-8-10)15(21-22-15)16(17,18)19/h5-8H,3-4H2,1-2H3. The van der Waals surface area contributed by atoms with Crippen LogP contribution in [-0.2, 0) is 15.1 Å². The number of hydrogen-bond acceptors (Lipinski definition) is 8. The first kappa shape index (κ1) is 19.5. The number of esters is 2. The Morgan fingerprint density at radius 3 is 2.11 bits per heavy atom. The van der Waals surface area contributed by atoms with Crippen molar-refractivity contribution in [1.82, 2.24) is 15.0 Å². The van der Waals surface area contributed by atoms with Gasteiger partial charge in [-0.1, -0.05) is 17.3 Å². The van der Waals surface area contributed by atoms with Crippen LogP contribution >= 0.6 is 0 Å². The summed E-state index contributed by atoms with van der Waals surface area (Å²) in [5.74, 6) is -1.75. The number of alkyl halides is 3. The van der Waals surface area contributed by atoms with Crippen molar-refractivity contribution in [1.29, 1.82) is 0 Å². The third-order valence-electron chi connectivity index (χ3n) is 3.82. The molecule has 0 saturated carbocycles. The Labute approximate surface area is 156 Å². The minimum atomic E-state index is -4.66. The van der Waals surface area contributed by atoms with Crippen molar-refractivity contribution >= 4 is 11.9 Å². The highest BCUT2D eigenvalue weighted by Crippen LogP contribution is 2.52. The Morgan fingerprint density at radius 2 is 1.61 bits per heavy atom. The minimum Gasteiger partial charge on any atom is -0.461 e. The number of carbonyl (C=O) groups is 2. The fourth-order valence-corrected chi connectivity index (χ4v) is 2.46. The number of carbonyl (C=O) groups excluding carboxylic acids is 2. The van der Waals surface area contributed by atoms with Gasteiger partial charge in [0, 0.05) is 5.56 Å². The molecule has 0 aliphatic carbocycles. The minimum absolute atomic E-state index is 0.0301. The van der Waals surface area contributed by atoms with Crippen LogP contribution in [0.2, 0.25) is 0 Å². The normalized spacial score (nSPS) is 14.6. The summed E-state index contributed by atoms with van der Waals surface area (Å²) >= 11 is 0. The number of rotatable bonds is 6. The molecule has 2 heterocycles. The van der Waals surface area contributed by atoms with Crippen LogP contribution in [0.1, 0.15) is 40.4 Å². The zero-order chi connectivity index (χ0) is 20.5. The van der Waals surface area contributed by atoms with Crippen LogP contribution in [-0.4, -0.2) is 46.3 Å². The average molecular weight is 397 g/mol. The molecule has 28 heavy (non-hydrogen) atoms. The third-order valence-corrected chi connectivity index (χ3v) is 3.82. The molecule has 0 fully saturated rings. The van der Waals surface area contributed by atoms with Gasteiger partial charge in [-0.2, -0.15) is 13.2 Å². The van der Waals surface area contributed by atoms with Gasteiger partial charge in [0.15, 0.2) is 5.69 Å². The molecule has 0 spiro atoms. The second kappa shape index (κ2) is 7.02. The van der Waals surface area contributed by atoms with Gasteiger partial charge in [0.05, 0.1) is 18.9 Å². The van der Waals surface area contributed by atoms with E-state index in [-0.39, 0.29) is 35.9 Å². The maximum atomic E-state index is 13.1. The Hall–Kier alpha value is -3.31. The molecule has 1 aromatic heterocycles. The van der Waals surface area contributed by atoms with E-state index < -0.39 is 23.8 Å². The zero-order valence-corrected chi connectivity index (χ0v) is 14.7. The first-order valence-electron chi connectivity index (χ1n) is 8.16. The van der Waals surface area contributed by atoms with Gasteiger partial charge in [-0.15, -0.1) is 15.3 Å². The fourth-order valence-electron chi connectivity index (χ4n) is 2.46. The highest BCUT2D eigenvalue weighted by molar-refractivity contribution is 6.00. The second-order valence-electron chi connectivity index (χ2n) is 5.56. The Bertz CT molecular complexity index is 931. The lowest BCUT2D eigenvalue weighted by atomic mass is 10.0. The van der Waals surface area contributed by atoms with E-state index in [1.54, 1.807) is 13.8 Å². The maximum Gasteiger partial charge on any atom is 0.442 e. The van der Waals surface area contributed by atoms with Crippen molar-refractivity contribution < 1.29 is 32.2 Å². The molecule has 148 valence electrons. The molecule has 1 aliphatic rings. The lowest BCUT2D eigenvalue weighted by molar-refractivity contribution is -0.166. The molecular formula is C16H14F3N5O4. The third kappa shape index (κ3) is 3.21. The van der Waals surface area contributed by atoms with Gasteiger partial charge < -0.3 is 9.47 Å². The molecule has 0 saturated heterocycles. The SMILES string of the molecule is CCOC(=O)c1nnn(-c2ccc(C3(C(F)(F)F)N=N3)cc2)c1C(=O)OCC. The fraction of sp³-hybridized carbons (Fsp3) is 0.375. The van der Waals surface area contributed by atoms with Gasteiger partial charge in [-0.25, -0.2) is 14.3 Å². The smallest absolute Gasteiger partial charge is 0.442 e. The van der Waals surface area contributed by atoms with Crippen LogP contribution < -0.4 is 0 Å². The molecule has 2 aromatic rings. The maximum absolute atomic E-state index is 13.1. The van der Waals surface area contributed by atoms with Crippen LogP contribution in [0.5, 0.6) is 0 Å². The van der Waals surface area contributed by atoms with Gasteiger partial charge >= 0.3 is 23.8 Å². The topological polar surface area (TPSA) is 108 Å². The molecule has 3 rings (SSSR count). The number of benzene rings is 1. The summed E-state index contributed by atoms with van der Waals surface area (Å²) in [5, 5.41) is 13.7. The number of hydrogen-bond donors (Lipinski definition) is 0. The zero-order valence-electron chi connectivity index (χ0n) is 14.7. The van der Waals surface area contributed by atoms with Gasteiger partial charge in [-0.05, 0) is 26.0 Å². The van der Waals surface area contributed by atoms with Gasteiger partial charge in [0.2, 0.25) is 5.69 Å². The largest absolute Gasteiger partial charge is 0.461 e. The number of ether oxygens (including phenoxy) is 2. The van der Waals surface area contributed by atoms with E-state index in [0.29, 0.717) is 0 Å². The summed E-state index contributed by atoms with van der Waals surface area (Å²) in [4.78, 5) is 24.3. The quantitative estimate of drug-likeness (QED) is 0.694. The van der Waals surface area contributed by atoms with Crippen molar-refractivity contribution in [3.05, 3.63) is 41.2 Å². The van der Waals surface area contributed by atoms with Crippen molar-refractivity contribution in [2.24, 2.45) is 10.2 Å². The van der Waals surface area contributed by atoms with Gasteiger partial charge in [0.1, 0.15) is 0 Å². The van der Waals surface area contributed by atoms with Crippen LogP contribution in [0.3, 0.4) is 0 Å². The summed E-state index contributed by atoms with van der Waals surface area (Å²) in [6.07, 6.45) is -4.66. The van der Waals surface area contributed by atoms with E-state index in [1.165, 1.54) is 12.1 Å². The van der Waals surface area contributed by atoms with E-state index in [1.807, 2.05) is 0 Å². The lowest BCUT2D eigenvalue weighted by Crippen LogP contribution is -2.30. The van der Waals surface area contributed by atoms with E-state index in [2.05, 4.69) is 20.5 Å². The lowest BCUT2D eigenvalue weighted by Gasteiger charge is -2.15. The van der Waals surface area contributed by atoms with Crippen LogP contribution in [0, 0.1) is 0 Å². The van der Waals surface area contributed by atoms with Crippen LogP contribution in [0.25, 0.3) is 5.69 Å². The monoisotopic (exact) mass is 397 g/mol. The van der Waals surface area contributed by atoms with Gasteiger partial charge in [-0.3, -0.25) is 0 Å². The van der Waals surface area contributed by atoms with E-state index in [4.69, 9.17) is 9.47 Å². The molecule has 12 heteroatoms. The van der Waals surface area contributed by atoms with Crippen molar-refractivity contribution in [2.45, 2.75) is 25.7 Å². The molecule has 1 aromatic carbocycles. The molecule has 0 atom stereocenters. The van der Waals surface area contributed by atoms with Crippen LogP contribution in [0.4, 0.5) is 13.2 Å². The Morgan fingerprint density at radius 1 is 1.04 bits per heavy atom. The highest BCUT2D eigenvalue weighted by Gasteiger charge is 2.65. The molecule has 0 bridgehead atoms. The van der Waals surface area contributed by atoms with Crippen LogP contribution in [0.15, 0.2) is 34.5 Å². The molecule has 0 radical (unpaired) electrons. The predicted molar refractivity (Wildman–Crippen MR) is 85.9 cm³/mol. The predicted octanol–water partition coefficient (Wildman–Crippen LogP) is 2.80. The van der Waals surface area contributed by atoms with E-state index in [9.17, 15) is 22.8 Å². The molecule has 1 aliphatic heterocycles. The van der Waals surface area contributed by atoms with E-state index in [0.717, 1.165) is 16.8 Å². The first-order chi connectivity index (χ1) is 13.2. The molecule has 0 unspecified atom stereocenters. The highest BCUT2D eigenvalue weighted by atomic mass is 19.4. The first-order valence-corrected chi connectivity index (χ1v) is 8.16. The summed E-state index contributed by atoms with van der Waals surface area (Å²) < 4.78 is 50.1. The Balaban J connectivity index is 1.99. The van der Waals surface area contributed by atoms with Crippen molar-refractivity contribution in [3.8, 4) is 5.69 Å². The number of nitrogens with zero attached hydrogens (tertiary/aromatic N) is 5.